The zero-order valence-electron chi connectivity index (χ0n) is 16.7. The Bertz CT molecular complexity index is 803. The van der Waals surface area contributed by atoms with Crippen molar-refractivity contribution in [3.63, 3.8) is 0 Å². The van der Waals surface area contributed by atoms with E-state index in [4.69, 9.17) is 10.5 Å². The molecule has 1 aliphatic heterocycles. The maximum atomic E-state index is 14.4. The van der Waals surface area contributed by atoms with Crippen molar-refractivity contribution in [2.24, 2.45) is 5.73 Å². The molecule has 172 valence electrons. The van der Waals surface area contributed by atoms with Crippen LogP contribution < -0.4 is 21.3 Å². The minimum absolute atomic E-state index is 0.0193. The monoisotopic (exact) mass is 449 g/mol. The van der Waals surface area contributed by atoms with Gasteiger partial charge < -0.3 is 26.0 Å². The molecular formula is C18H23F4N5O4. The molecule has 0 spiro atoms. The average molecular weight is 449 g/mol. The second kappa shape index (κ2) is 10.8. The van der Waals surface area contributed by atoms with E-state index in [-0.39, 0.29) is 50.9 Å². The fourth-order valence-corrected chi connectivity index (χ4v) is 2.92. The summed E-state index contributed by atoms with van der Waals surface area (Å²) in [4.78, 5) is 36.2. The van der Waals surface area contributed by atoms with E-state index in [1.807, 2.05) is 0 Å². The molecule has 3 amide bonds. The van der Waals surface area contributed by atoms with Crippen LogP contribution in [-0.2, 0) is 14.3 Å². The molecule has 1 fully saturated rings. The van der Waals surface area contributed by atoms with E-state index in [0.29, 0.717) is 0 Å². The molecule has 0 aliphatic carbocycles. The highest BCUT2D eigenvalue weighted by molar-refractivity contribution is 5.90. The maximum absolute atomic E-state index is 14.4. The minimum Gasteiger partial charge on any atom is -0.442 e. The van der Waals surface area contributed by atoms with Gasteiger partial charge in [-0.25, -0.2) is 13.6 Å². The lowest BCUT2D eigenvalue weighted by Crippen LogP contribution is -2.41. The lowest BCUT2D eigenvalue weighted by molar-refractivity contribution is -0.142. The van der Waals surface area contributed by atoms with Gasteiger partial charge >= 0.3 is 12.5 Å². The molecular weight excluding hydrogens is 426 g/mol. The molecule has 2 rings (SSSR count). The summed E-state index contributed by atoms with van der Waals surface area (Å²) in [6.45, 7) is 0.688. The van der Waals surface area contributed by atoms with E-state index in [0.717, 1.165) is 21.9 Å². The Morgan fingerprint density at radius 3 is 2.48 bits per heavy atom. The number of nitrogens with two attached hydrogens (primary N) is 1. The summed E-state index contributed by atoms with van der Waals surface area (Å²) in [7, 11) is 0. The Labute approximate surface area is 175 Å². The highest BCUT2D eigenvalue weighted by Gasteiger charge is 2.33. The smallest absolute Gasteiger partial charge is 0.414 e. The topological polar surface area (TPSA) is 117 Å². The number of rotatable bonds is 10. The van der Waals surface area contributed by atoms with Gasteiger partial charge in [-0.05, 0) is 0 Å². The molecule has 1 saturated heterocycles. The van der Waals surface area contributed by atoms with Crippen molar-refractivity contribution in [2.45, 2.75) is 19.5 Å². The second-order valence-electron chi connectivity index (χ2n) is 6.68. The third kappa shape index (κ3) is 6.44. The first kappa shape index (κ1) is 24.2. The van der Waals surface area contributed by atoms with E-state index in [2.05, 4.69) is 10.6 Å². The summed E-state index contributed by atoms with van der Waals surface area (Å²) >= 11 is 0. The van der Waals surface area contributed by atoms with Crippen LogP contribution in [0.25, 0.3) is 0 Å². The molecule has 0 unspecified atom stereocenters. The Kier molecular flexibility index (Phi) is 8.42. The van der Waals surface area contributed by atoms with Crippen molar-refractivity contribution in [3.8, 4) is 0 Å². The number of amides is 3. The van der Waals surface area contributed by atoms with Gasteiger partial charge in [0.1, 0.15) is 11.8 Å². The first-order chi connectivity index (χ1) is 14.6. The number of halogens is 4. The van der Waals surface area contributed by atoms with Gasteiger partial charge in [0.25, 0.3) is 5.91 Å². The van der Waals surface area contributed by atoms with E-state index in [1.54, 1.807) is 0 Å². The van der Waals surface area contributed by atoms with Crippen LogP contribution in [0.4, 0.5) is 33.7 Å². The number of nitrogens with one attached hydrogen (secondary N) is 2. The van der Waals surface area contributed by atoms with E-state index in [1.165, 1.54) is 6.92 Å². The molecule has 4 N–H and O–H groups in total. The largest absolute Gasteiger partial charge is 0.442 e. The van der Waals surface area contributed by atoms with Crippen LogP contribution in [-0.4, -0.2) is 74.6 Å². The van der Waals surface area contributed by atoms with Crippen LogP contribution >= 0.6 is 0 Å². The number of hydrogen-bond donors (Lipinski definition) is 3. The SMILES string of the molecule is CC(=O)NC[C@H]1CN(c2cc(F)c(NCCN(CCN)C(=O)C(F)F)c(F)c2)C(=O)O1. The fraction of sp³-hybridized carbons (Fsp3) is 0.500. The Hall–Kier alpha value is -3.09. The predicted molar refractivity (Wildman–Crippen MR) is 103 cm³/mol. The quantitative estimate of drug-likeness (QED) is 0.457. The third-order valence-electron chi connectivity index (χ3n) is 4.37. The van der Waals surface area contributed by atoms with Crippen molar-refractivity contribution in [1.82, 2.24) is 10.2 Å². The summed E-state index contributed by atoms with van der Waals surface area (Å²) in [5.41, 5.74) is 4.66. The van der Waals surface area contributed by atoms with Gasteiger partial charge in [-0.1, -0.05) is 0 Å². The van der Waals surface area contributed by atoms with Gasteiger partial charge in [-0.15, -0.1) is 0 Å². The first-order valence-corrected chi connectivity index (χ1v) is 9.36. The predicted octanol–water partition coefficient (Wildman–Crippen LogP) is 0.890. The Morgan fingerprint density at radius 1 is 1.29 bits per heavy atom. The molecule has 1 atom stereocenters. The van der Waals surface area contributed by atoms with Crippen molar-refractivity contribution in [2.75, 3.05) is 49.5 Å². The third-order valence-corrected chi connectivity index (χ3v) is 4.37. The highest BCUT2D eigenvalue weighted by atomic mass is 19.3. The van der Waals surface area contributed by atoms with Gasteiger partial charge in [0, 0.05) is 45.2 Å². The van der Waals surface area contributed by atoms with Crippen molar-refractivity contribution < 1.29 is 36.7 Å². The molecule has 31 heavy (non-hydrogen) atoms. The molecule has 0 bridgehead atoms. The standard InChI is InChI=1S/C18H23F4N5O4/c1-10(28)25-8-12-9-27(18(30)31-12)11-6-13(19)15(14(20)7-11)24-3-5-26(4-2-23)17(29)16(21)22/h6-7,12,16,24H,2-5,8-9,23H2,1H3,(H,25,28)/t12-/m0/s1. The van der Waals surface area contributed by atoms with Crippen molar-refractivity contribution in [3.05, 3.63) is 23.8 Å². The van der Waals surface area contributed by atoms with Crippen LogP contribution in [0.15, 0.2) is 12.1 Å². The number of alkyl halides is 2. The zero-order valence-corrected chi connectivity index (χ0v) is 16.7. The number of hydrogen-bond acceptors (Lipinski definition) is 6. The summed E-state index contributed by atoms with van der Waals surface area (Å²) in [5, 5.41) is 4.91. The Morgan fingerprint density at radius 2 is 1.94 bits per heavy atom. The number of carbonyl (C=O) groups is 3. The number of anilines is 2. The zero-order chi connectivity index (χ0) is 23.1. The lowest BCUT2D eigenvalue weighted by atomic mass is 10.2. The molecule has 0 radical (unpaired) electrons. The van der Waals surface area contributed by atoms with Crippen molar-refractivity contribution in [1.29, 1.82) is 0 Å². The van der Waals surface area contributed by atoms with Crippen molar-refractivity contribution >= 4 is 29.3 Å². The number of ether oxygens (including phenoxy) is 1. The second-order valence-corrected chi connectivity index (χ2v) is 6.68. The normalized spacial score (nSPS) is 15.8. The van der Waals surface area contributed by atoms with Crippen LogP contribution in [0, 0.1) is 11.6 Å². The summed E-state index contributed by atoms with van der Waals surface area (Å²) < 4.78 is 59.1. The number of nitrogens with zero attached hydrogens (tertiary/aromatic N) is 2. The molecule has 1 aliphatic rings. The van der Waals surface area contributed by atoms with Gasteiger partial charge in [0.15, 0.2) is 11.6 Å². The van der Waals surface area contributed by atoms with Crippen LogP contribution in [0.1, 0.15) is 6.92 Å². The fourth-order valence-electron chi connectivity index (χ4n) is 2.92. The van der Waals surface area contributed by atoms with Gasteiger partial charge in [-0.2, -0.15) is 8.78 Å². The molecule has 1 aromatic carbocycles. The van der Waals surface area contributed by atoms with E-state index in [9.17, 15) is 31.9 Å². The summed E-state index contributed by atoms with van der Waals surface area (Å²) in [6.07, 6.45) is -4.71. The summed E-state index contributed by atoms with van der Waals surface area (Å²) in [6, 6.07) is 1.82. The molecule has 1 heterocycles. The van der Waals surface area contributed by atoms with E-state index < -0.39 is 41.9 Å². The average Bonchev–Trinajstić information content (AvgIpc) is 3.07. The number of carbonyl (C=O) groups excluding carboxylic acids is 3. The first-order valence-electron chi connectivity index (χ1n) is 9.36. The number of cyclic esters (lactones) is 1. The molecule has 1 aromatic rings. The molecule has 0 saturated carbocycles. The van der Waals surface area contributed by atoms with Gasteiger partial charge in [0.2, 0.25) is 5.91 Å². The Balaban J connectivity index is 2.03. The van der Waals surface area contributed by atoms with Crippen LogP contribution in [0.3, 0.4) is 0 Å². The molecule has 0 aromatic heterocycles. The molecule has 9 nitrogen and oxygen atoms in total. The van der Waals surface area contributed by atoms with E-state index >= 15 is 0 Å². The van der Waals surface area contributed by atoms with Crippen LogP contribution in [0.2, 0.25) is 0 Å². The number of benzene rings is 1. The van der Waals surface area contributed by atoms with Crippen LogP contribution in [0.5, 0.6) is 0 Å². The minimum atomic E-state index is -3.21. The highest BCUT2D eigenvalue weighted by Crippen LogP contribution is 2.28. The maximum Gasteiger partial charge on any atom is 0.414 e. The van der Waals surface area contributed by atoms with Gasteiger partial charge in [0.05, 0.1) is 18.8 Å². The summed E-state index contributed by atoms with van der Waals surface area (Å²) in [5.74, 6) is -3.80. The lowest BCUT2D eigenvalue weighted by Gasteiger charge is -2.22. The molecule has 13 heteroatoms. The van der Waals surface area contributed by atoms with Gasteiger partial charge in [-0.3, -0.25) is 14.5 Å².